The number of fused-ring (bicyclic) bond motifs is 1. The molecular formula is C23H28N2O. The number of aryl methyl sites for hydroxylation is 1. The van der Waals surface area contributed by atoms with Gasteiger partial charge in [-0.05, 0) is 56.0 Å². The van der Waals surface area contributed by atoms with E-state index in [1.54, 1.807) is 0 Å². The van der Waals surface area contributed by atoms with Gasteiger partial charge in [-0.1, -0.05) is 43.5 Å². The fourth-order valence-corrected chi connectivity index (χ4v) is 4.13. The zero-order valence-corrected chi connectivity index (χ0v) is 15.9. The molecule has 1 heterocycles. The van der Waals surface area contributed by atoms with Crippen molar-refractivity contribution in [3.63, 3.8) is 0 Å². The zero-order chi connectivity index (χ0) is 17.9. The third-order valence-corrected chi connectivity index (χ3v) is 5.78. The summed E-state index contributed by atoms with van der Waals surface area (Å²) in [5, 5.41) is 0. The minimum atomic E-state index is 0.594. The van der Waals surface area contributed by atoms with Crippen LogP contribution in [0.15, 0.2) is 42.5 Å². The molecule has 2 aromatic carbocycles. The summed E-state index contributed by atoms with van der Waals surface area (Å²) >= 11 is 0. The summed E-state index contributed by atoms with van der Waals surface area (Å²) in [6.07, 6.45) is 6.55. The van der Waals surface area contributed by atoms with Gasteiger partial charge in [0, 0.05) is 5.92 Å². The number of hydrogen-bond acceptors (Lipinski definition) is 2. The number of hydrogen-bond donors (Lipinski definition) is 0. The maximum Gasteiger partial charge on any atom is 0.122 e. The molecule has 0 N–H and O–H groups in total. The van der Waals surface area contributed by atoms with E-state index in [0.29, 0.717) is 12.5 Å². The highest BCUT2D eigenvalue weighted by atomic mass is 16.5. The predicted molar refractivity (Wildman–Crippen MR) is 107 cm³/mol. The molecule has 1 fully saturated rings. The molecule has 26 heavy (non-hydrogen) atoms. The van der Waals surface area contributed by atoms with Crippen molar-refractivity contribution in [2.45, 2.75) is 58.4 Å². The molecule has 3 aromatic rings. The average molecular weight is 348 g/mol. The van der Waals surface area contributed by atoms with Crippen LogP contribution in [0.1, 0.15) is 55.0 Å². The van der Waals surface area contributed by atoms with E-state index in [0.717, 1.165) is 17.8 Å². The second kappa shape index (κ2) is 7.53. The van der Waals surface area contributed by atoms with Crippen molar-refractivity contribution >= 4 is 11.0 Å². The van der Waals surface area contributed by atoms with Crippen molar-refractivity contribution in [2.75, 3.05) is 6.61 Å². The van der Waals surface area contributed by atoms with Crippen molar-refractivity contribution in [2.24, 2.45) is 0 Å². The maximum absolute atomic E-state index is 6.13. The number of benzene rings is 2. The predicted octanol–water partition coefficient (Wildman–Crippen LogP) is 5.78. The van der Waals surface area contributed by atoms with Gasteiger partial charge >= 0.3 is 0 Å². The van der Waals surface area contributed by atoms with Crippen LogP contribution in [0.25, 0.3) is 11.0 Å². The summed E-state index contributed by atoms with van der Waals surface area (Å²) in [5.41, 5.74) is 4.85. The molecule has 0 saturated heterocycles. The Kier molecular flexibility index (Phi) is 4.96. The first-order valence-corrected chi connectivity index (χ1v) is 9.88. The smallest absolute Gasteiger partial charge is 0.122 e. The van der Waals surface area contributed by atoms with Crippen LogP contribution >= 0.6 is 0 Å². The normalized spacial score (nSPS) is 15.5. The highest BCUT2D eigenvalue weighted by Crippen LogP contribution is 2.34. The van der Waals surface area contributed by atoms with E-state index in [4.69, 9.17) is 9.72 Å². The Bertz CT molecular complexity index is 890. The fraction of sp³-hybridized carbons (Fsp3) is 0.435. The average Bonchev–Trinajstić information content (AvgIpc) is 3.05. The topological polar surface area (TPSA) is 27.1 Å². The Morgan fingerprint density at radius 3 is 2.65 bits per heavy atom. The first kappa shape index (κ1) is 17.1. The van der Waals surface area contributed by atoms with Gasteiger partial charge in [0.05, 0.1) is 17.6 Å². The molecule has 1 saturated carbocycles. The summed E-state index contributed by atoms with van der Waals surface area (Å²) in [4.78, 5) is 5.00. The van der Waals surface area contributed by atoms with Crippen LogP contribution in [-0.2, 0) is 6.54 Å². The van der Waals surface area contributed by atoms with Crippen LogP contribution in [0.4, 0.5) is 0 Å². The van der Waals surface area contributed by atoms with Crippen LogP contribution in [-0.4, -0.2) is 16.2 Å². The molecule has 1 aliphatic rings. The standard InChI is InChI=1S/C23H28N2O/c1-17-9-8-14-22(18(17)2)26-16-15-25-21-13-7-6-12-20(21)24-23(25)19-10-4-3-5-11-19/h6-9,12-14,19H,3-5,10-11,15-16H2,1-2H3. The minimum Gasteiger partial charge on any atom is -0.491 e. The maximum atomic E-state index is 6.13. The SMILES string of the molecule is Cc1cccc(OCCn2c(C3CCCCC3)nc3ccccc32)c1C. The monoisotopic (exact) mass is 348 g/mol. The molecule has 0 unspecified atom stereocenters. The Morgan fingerprint density at radius 2 is 1.81 bits per heavy atom. The van der Waals surface area contributed by atoms with Gasteiger partial charge in [0.1, 0.15) is 18.2 Å². The van der Waals surface area contributed by atoms with Crippen LogP contribution in [0.2, 0.25) is 0 Å². The lowest BCUT2D eigenvalue weighted by Gasteiger charge is -2.22. The molecule has 1 aliphatic carbocycles. The van der Waals surface area contributed by atoms with E-state index in [1.165, 1.54) is 54.6 Å². The van der Waals surface area contributed by atoms with Gasteiger partial charge in [-0.25, -0.2) is 4.98 Å². The lowest BCUT2D eigenvalue weighted by Crippen LogP contribution is -2.16. The molecule has 1 aromatic heterocycles. The number of aromatic nitrogens is 2. The van der Waals surface area contributed by atoms with E-state index in [9.17, 15) is 0 Å². The molecule has 0 aliphatic heterocycles. The Labute approximate surface area is 156 Å². The Hall–Kier alpha value is -2.29. The molecular weight excluding hydrogens is 320 g/mol. The van der Waals surface area contributed by atoms with Gasteiger partial charge in [0.2, 0.25) is 0 Å². The molecule has 4 rings (SSSR count). The lowest BCUT2D eigenvalue weighted by molar-refractivity contribution is 0.292. The molecule has 0 radical (unpaired) electrons. The molecule has 3 heteroatoms. The number of imidazole rings is 1. The van der Waals surface area contributed by atoms with Crippen molar-refractivity contribution in [3.05, 3.63) is 59.4 Å². The molecule has 0 spiro atoms. The van der Waals surface area contributed by atoms with E-state index < -0.39 is 0 Å². The summed E-state index contributed by atoms with van der Waals surface area (Å²) in [5.74, 6) is 2.85. The largest absolute Gasteiger partial charge is 0.491 e. The van der Waals surface area contributed by atoms with Gasteiger partial charge in [0.25, 0.3) is 0 Å². The van der Waals surface area contributed by atoms with E-state index in [2.05, 4.69) is 60.9 Å². The van der Waals surface area contributed by atoms with Crippen molar-refractivity contribution in [3.8, 4) is 5.75 Å². The number of rotatable bonds is 5. The first-order chi connectivity index (χ1) is 12.7. The minimum absolute atomic E-state index is 0.594. The molecule has 0 atom stereocenters. The third-order valence-electron chi connectivity index (χ3n) is 5.78. The summed E-state index contributed by atoms with van der Waals surface area (Å²) in [6.45, 7) is 5.78. The Morgan fingerprint density at radius 1 is 1.00 bits per heavy atom. The second-order valence-corrected chi connectivity index (χ2v) is 7.49. The summed E-state index contributed by atoms with van der Waals surface area (Å²) < 4.78 is 8.53. The fourth-order valence-electron chi connectivity index (χ4n) is 4.13. The van der Waals surface area contributed by atoms with Gasteiger partial charge in [0.15, 0.2) is 0 Å². The highest BCUT2D eigenvalue weighted by molar-refractivity contribution is 5.76. The molecule has 0 bridgehead atoms. The van der Waals surface area contributed by atoms with E-state index >= 15 is 0 Å². The lowest BCUT2D eigenvalue weighted by atomic mass is 9.88. The third kappa shape index (κ3) is 3.35. The van der Waals surface area contributed by atoms with Crippen LogP contribution < -0.4 is 4.74 Å². The van der Waals surface area contributed by atoms with E-state index in [-0.39, 0.29) is 0 Å². The molecule has 3 nitrogen and oxygen atoms in total. The highest BCUT2D eigenvalue weighted by Gasteiger charge is 2.22. The van der Waals surface area contributed by atoms with Gasteiger partial charge in [-0.3, -0.25) is 0 Å². The van der Waals surface area contributed by atoms with Crippen LogP contribution in [0.5, 0.6) is 5.75 Å². The zero-order valence-electron chi connectivity index (χ0n) is 15.9. The van der Waals surface area contributed by atoms with Crippen molar-refractivity contribution in [1.29, 1.82) is 0 Å². The van der Waals surface area contributed by atoms with Crippen LogP contribution in [0, 0.1) is 13.8 Å². The van der Waals surface area contributed by atoms with Crippen molar-refractivity contribution < 1.29 is 4.74 Å². The molecule has 136 valence electrons. The van der Waals surface area contributed by atoms with Crippen molar-refractivity contribution in [1.82, 2.24) is 9.55 Å². The van der Waals surface area contributed by atoms with E-state index in [1.807, 2.05) is 0 Å². The summed E-state index contributed by atoms with van der Waals surface area (Å²) in [6, 6.07) is 14.8. The molecule has 0 amide bonds. The number of nitrogens with zero attached hydrogens (tertiary/aromatic N) is 2. The number of para-hydroxylation sites is 2. The van der Waals surface area contributed by atoms with Gasteiger partial charge in [-0.15, -0.1) is 0 Å². The number of ether oxygens (including phenoxy) is 1. The van der Waals surface area contributed by atoms with Gasteiger partial charge < -0.3 is 9.30 Å². The summed E-state index contributed by atoms with van der Waals surface area (Å²) in [7, 11) is 0. The Balaban J connectivity index is 1.57. The second-order valence-electron chi connectivity index (χ2n) is 7.49. The van der Waals surface area contributed by atoms with Crippen LogP contribution in [0.3, 0.4) is 0 Å². The quantitative estimate of drug-likeness (QED) is 0.584. The van der Waals surface area contributed by atoms with Gasteiger partial charge in [-0.2, -0.15) is 0 Å². The first-order valence-electron chi connectivity index (χ1n) is 9.88.